The number of likely N-dealkylation sites (tertiary alicyclic amines) is 1. The van der Waals surface area contributed by atoms with Crippen molar-refractivity contribution in [2.45, 2.75) is 31.4 Å². The van der Waals surface area contributed by atoms with Gasteiger partial charge < -0.3 is 9.64 Å². The number of rotatable bonds is 6. The highest BCUT2D eigenvalue weighted by Crippen LogP contribution is 2.23. The van der Waals surface area contributed by atoms with Gasteiger partial charge in [-0.15, -0.1) is 0 Å². The molecule has 0 spiro atoms. The van der Waals surface area contributed by atoms with Crippen molar-refractivity contribution in [2.75, 3.05) is 26.5 Å². The third kappa shape index (κ3) is 5.30. The summed E-state index contributed by atoms with van der Waals surface area (Å²) >= 11 is 0. The largest absolute Gasteiger partial charge is 0.379 e. The zero-order valence-electron chi connectivity index (χ0n) is 13.6. The summed E-state index contributed by atoms with van der Waals surface area (Å²) in [6, 6.07) is 9.87. The lowest BCUT2D eigenvalue weighted by atomic mass is 9.92. The van der Waals surface area contributed by atoms with E-state index < -0.39 is 10.0 Å². The van der Waals surface area contributed by atoms with E-state index in [0.717, 1.165) is 24.7 Å². The third-order valence-corrected chi connectivity index (χ3v) is 4.78. The van der Waals surface area contributed by atoms with Gasteiger partial charge in [-0.3, -0.25) is 4.79 Å². The van der Waals surface area contributed by atoms with Crippen LogP contribution in [0.5, 0.6) is 0 Å². The summed E-state index contributed by atoms with van der Waals surface area (Å²) in [7, 11) is -1.72. The Bertz CT molecular complexity index is 618. The summed E-state index contributed by atoms with van der Waals surface area (Å²) in [5.74, 6) is -0.210. The van der Waals surface area contributed by atoms with E-state index >= 15 is 0 Å². The predicted molar refractivity (Wildman–Crippen MR) is 88.5 cm³/mol. The van der Waals surface area contributed by atoms with Gasteiger partial charge in [0.25, 0.3) is 0 Å². The van der Waals surface area contributed by atoms with E-state index in [1.807, 2.05) is 30.3 Å². The molecule has 7 heteroatoms. The minimum Gasteiger partial charge on any atom is -0.379 e. The zero-order valence-corrected chi connectivity index (χ0v) is 14.4. The second-order valence-electron chi connectivity index (χ2n) is 5.85. The number of nitrogens with one attached hydrogen (secondary N) is 1. The fraction of sp³-hybridized carbons (Fsp3) is 0.562. The van der Waals surface area contributed by atoms with Gasteiger partial charge in [0.15, 0.2) is 0 Å². The van der Waals surface area contributed by atoms with Crippen LogP contribution in [0.4, 0.5) is 0 Å². The van der Waals surface area contributed by atoms with E-state index in [9.17, 15) is 13.2 Å². The van der Waals surface area contributed by atoms with Crippen LogP contribution in [0.25, 0.3) is 0 Å². The number of carbonyl (C=O) groups is 1. The quantitative estimate of drug-likeness (QED) is 0.830. The molecule has 2 atom stereocenters. The molecule has 128 valence electrons. The van der Waals surface area contributed by atoms with Gasteiger partial charge in [-0.1, -0.05) is 30.3 Å². The third-order valence-electron chi connectivity index (χ3n) is 4.11. The molecule has 6 nitrogen and oxygen atoms in total. The molecular formula is C16H24N2O4S. The molecule has 1 amide bonds. The summed E-state index contributed by atoms with van der Waals surface area (Å²) in [5, 5.41) is 0. The Balaban J connectivity index is 2.12. The van der Waals surface area contributed by atoms with E-state index in [1.54, 1.807) is 12.0 Å². The van der Waals surface area contributed by atoms with Crippen LogP contribution >= 0.6 is 0 Å². The number of sulfonamides is 1. The van der Waals surface area contributed by atoms with Crippen molar-refractivity contribution in [1.29, 1.82) is 0 Å². The van der Waals surface area contributed by atoms with Crippen molar-refractivity contribution in [3.05, 3.63) is 35.9 Å². The molecule has 1 aliphatic heterocycles. The number of hydrogen-bond acceptors (Lipinski definition) is 4. The smallest absolute Gasteiger partial charge is 0.237 e. The van der Waals surface area contributed by atoms with Crippen LogP contribution in [0.2, 0.25) is 0 Å². The van der Waals surface area contributed by atoms with E-state index in [1.165, 1.54) is 0 Å². The maximum atomic E-state index is 12.5. The lowest BCUT2D eigenvalue weighted by Gasteiger charge is -2.41. The lowest BCUT2D eigenvalue weighted by molar-refractivity contribution is -0.138. The average molecular weight is 340 g/mol. The standard InChI is InChI=1S/C16H24N2O4S/c1-22-15-9-6-10-18(16(19)12-17-23(2,20)21)14(15)11-13-7-4-3-5-8-13/h3-5,7-8,14-15,17H,6,9-12H2,1-2H3/t14-,15-/m0/s1. The molecule has 1 N–H and O–H groups in total. The molecule has 1 heterocycles. The van der Waals surface area contributed by atoms with Crippen LogP contribution in [0.1, 0.15) is 18.4 Å². The first kappa shape index (κ1) is 17.9. The number of ether oxygens (including phenoxy) is 1. The van der Waals surface area contributed by atoms with Crippen LogP contribution in [0, 0.1) is 0 Å². The van der Waals surface area contributed by atoms with Gasteiger partial charge in [0.2, 0.25) is 15.9 Å². The SMILES string of the molecule is CO[C@H]1CCCN(C(=O)CNS(C)(=O)=O)[C@H]1Cc1ccccc1. The topological polar surface area (TPSA) is 75.7 Å². The Kier molecular flexibility index (Phi) is 6.15. The Morgan fingerprint density at radius 2 is 2.04 bits per heavy atom. The molecular weight excluding hydrogens is 316 g/mol. The predicted octanol–water partition coefficient (Wildman–Crippen LogP) is 0.784. The van der Waals surface area contributed by atoms with Crippen molar-refractivity contribution in [3.63, 3.8) is 0 Å². The van der Waals surface area contributed by atoms with Crippen molar-refractivity contribution >= 4 is 15.9 Å². The molecule has 23 heavy (non-hydrogen) atoms. The van der Waals surface area contributed by atoms with Gasteiger partial charge in [-0.25, -0.2) is 13.1 Å². The highest BCUT2D eigenvalue weighted by atomic mass is 32.2. The average Bonchev–Trinajstić information content (AvgIpc) is 2.53. The van der Waals surface area contributed by atoms with Crippen molar-refractivity contribution in [1.82, 2.24) is 9.62 Å². The number of methoxy groups -OCH3 is 1. The molecule has 1 aliphatic rings. The monoisotopic (exact) mass is 340 g/mol. The normalized spacial score (nSPS) is 22.1. The summed E-state index contributed by atoms with van der Waals surface area (Å²) in [5.41, 5.74) is 1.13. The van der Waals surface area contributed by atoms with Crippen LogP contribution in [0.3, 0.4) is 0 Å². The Morgan fingerprint density at radius 1 is 1.35 bits per heavy atom. The van der Waals surface area contributed by atoms with Crippen LogP contribution in [-0.4, -0.2) is 57.8 Å². The highest BCUT2D eigenvalue weighted by Gasteiger charge is 2.34. The van der Waals surface area contributed by atoms with E-state index in [4.69, 9.17) is 4.74 Å². The summed E-state index contributed by atoms with van der Waals surface area (Å²) < 4.78 is 30.3. The minimum atomic E-state index is -3.38. The maximum Gasteiger partial charge on any atom is 0.237 e. The minimum absolute atomic E-state index is 0.0360. The second-order valence-corrected chi connectivity index (χ2v) is 7.69. The molecule has 0 aromatic heterocycles. The first-order valence-corrected chi connectivity index (χ1v) is 9.60. The van der Waals surface area contributed by atoms with Crippen molar-refractivity contribution < 1.29 is 17.9 Å². The van der Waals surface area contributed by atoms with Gasteiger partial charge in [0.05, 0.1) is 24.9 Å². The molecule has 1 saturated heterocycles. The molecule has 1 aromatic carbocycles. The van der Waals surface area contributed by atoms with Crippen molar-refractivity contribution in [3.8, 4) is 0 Å². The molecule has 2 rings (SSSR count). The molecule has 0 aliphatic carbocycles. The van der Waals surface area contributed by atoms with Gasteiger partial charge >= 0.3 is 0 Å². The van der Waals surface area contributed by atoms with Gasteiger partial charge in [-0.2, -0.15) is 0 Å². The number of amides is 1. The van der Waals surface area contributed by atoms with Crippen LogP contribution < -0.4 is 4.72 Å². The fourth-order valence-corrected chi connectivity index (χ4v) is 3.38. The van der Waals surface area contributed by atoms with E-state index in [-0.39, 0.29) is 24.6 Å². The van der Waals surface area contributed by atoms with Crippen molar-refractivity contribution in [2.24, 2.45) is 0 Å². The number of benzene rings is 1. The Labute approximate surface area is 137 Å². The number of carbonyl (C=O) groups excluding carboxylic acids is 1. The molecule has 0 bridgehead atoms. The fourth-order valence-electron chi connectivity index (χ4n) is 3.00. The summed E-state index contributed by atoms with van der Waals surface area (Å²) in [4.78, 5) is 14.2. The Hall–Kier alpha value is -1.44. The first-order valence-electron chi connectivity index (χ1n) is 7.71. The molecule has 1 fully saturated rings. The number of nitrogens with zero attached hydrogens (tertiary/aromatic N) is 1. The summed E-state index contributed by atoms with van der Waals surface area (Å²) in [6.45, 7) is 0.419. The molecule has 0 unspecified atom stereocenters. The van der Waals surface area contributed by atoms with Gasteiger partial charge in [0.1, 0.15) is 0 Å². The molecule has 1 aromatic rings. The Morgan fingerprint density at radius 3 is 2.65 bits per heavy atom. The lowest BCUT2D eigenvalue weighted by Crippen LogP contribution is -2.54. The number of hydrogen-bond donors (Lipinski definition) is 1. The van der Waals surface area contributed by atoms with E-state index in [0.29, 0.717) is 13.0 Å². The van der Waals surface area contributed by atoms with Crippen LogP contribution in [0.15, 0.2) is 30.3 Å². The van der Waals surface area contributed by atoms with Gasteiger partial charge in [0, 0.05) is 13.7 Å². The maximum absolute atomic E-state index is 12.5. The zero-order chi connectivity index (χ0) is 16.9. The molecule has 0 saturated carbocycles. The number of piperidine rings is 1. The summed E-state index contributed by atoms with van der Waals surface area (Å²) in [6.07, 6.45) is 3.47. The van der Waals surface area contributed by atoms with Crippen LogP contribution in [-0.2, 0) is 26.0 Å². The van der Waals surface area contributed by atoms with E-state index in [2.05, 4.69) is 4.72 Å². The van der Waals surface area contributed by atoms with Gasteiger partial charge in [-0.05, 0) is 24.8 Å². The first-order chi connectivity index (χ1) is 10.9. The molecule has 0 radical (unpaired) electrons. The second kappa shape index (κ2) is 7.90. The highest BCUT2D eigenvalue weighted by molar-refractivity contribution is 7.88.